The van der Waals surface area contributed by atoms with E-state index >= 15 is 0 Å². The number of pyridine rings is 1. The molecule has 0 radical (unpaired) electrons. The van der Waals surface area contributed by atoms with Gasteiger partial charge in [0.1, 0.15) is 0 Å². The average molecular weight is 201 g/mol. The lowest BCUT2D eigenvalue weighted by Gasteiger charge is -1.96. The zero-order chi connectivity index (χ0) is 10.5. The summed E-state index contributed by atoms with van der Waals surface area (Å²) in [5.41, 5.74) is 0.817. The summed E-state index contributed by atoms with van der Waals surface area (Å²) < 4.78 is 21.8. The molecule has 0 unspecified atom stereocenters. The number of rotatable bonds is 1. The van der Waals surface area contributed by atoms with Crippen LogP contribution in [0.25, 0.3) is 0 Å². The maximum Gasteiger partial charge on any atom is 0.177 e. The highest BCUT2D eigenvalue weighted by atomic mass is 32.2. The Hall–Kier alpha value is -0.900. The molecule has 3 nitrogen and oxygen atoms in total. The van der Waals surface area contributed by atoms with Crippen LogP contribution < -0.4 is 0 Å². The molecule has 1 rings (SSSR count). The summed E-state index contributed by atoms with van der Waals surface area (Å²) in [7, 11) is -3.08. The van der Waals surface area contributed by atoms with Gasteiger partial charge in [0.2, 0.25) is 0 Å². The van der Waals surface area contributed by atoms with Crippen LogP contribution in [0.1, 0.15) is 19.5 Å². The number of sulfone groups is 1. The SMILES string of the molecule is CC.Cc1ccc(S(C)(=O)=O)cn1. The molecule has 1 heterocycles. The van der Waals surface area contributed by atoms with Crippen molar-refractivity contribution in [3.05, 3.63) is 24.0 Å². The average Bonchev–Trinajstić information content (AvgIpc) is 2.07. The molecule has 0 aliphatic heterocycles. The Kier molecular flexibility index (Phi) is 4.62. The van der Waals surface area contributed by atoms with Gasteiger partial charge >= 0.3 is 0 Å². The molecule has 0 N–H and O–H groups in total. The third kappa shape index (κ3) is 4.03. The molecule has 0 aliphatic rings. The Morgan fingerprint density at radius 3 is 2.08 bits per heavy atom. The Morgan fingerprint density at radius 2 is 1.77 bits per heavy atom. The van der Waals surface area contributed by atoms with Crippen molar-refractivity contribution in [3.8, 4) is 0 Å². The maximum atomic E-state index is 10.9. The molecule has 0 saturated heterocycles. The topological polar surface area (TPSA) is 47.0 Å². The minimum atomic E-state index is -3.08. The maximum absolute atomic E-state index is 10.9. The third-order valence-electron chi connectivity index (χ3n) is 1.31. The van der Waals surface area contributed by atoms with Crippen LogP contribution in [0.2, 0.25) is 0 Å². The number of hydrogen-bond donors (Lipinski definition) is 0. The van der Waals surface area contributed by atoms with Crippen molar-refractivity contribution in [1.29, 1.82) is 0 Å². The van der Waals surface area contributed by atoms with E-state index in [1.807, 2.05) is 20.8 Å². The molecule has 1 aromatic heterocycles. The van der Waals surface area contributed by atoms with Crippen molar-refractivity contribution in [2.45, 2.75) is 25.7 Å². The lowest BCUT2D eigenvalue weighted by atomic mass is 10.4. The molecule has 0 saturated carbocycles. The van der Waals surface area contributed by atoms with Gasteiger partial charge in [-0.25, -0.2) is 8.42 Å². The van der Waals surface area contributed by atoms with E-state index in [1.54, 1.807) is 12.1 Å². The van der Waals surface area contributed by atoms with E-state index in [4.69, 9.17) is 0 Å². The molecule has 0 bridgehead atoms. The van der Waals surface area contributed by atoms with E-state index in [-0.39, 0.29) is 4.90 Å². The highest BCUT2D eigenvalue weighted by Crippen LogP contribution is 2.05. The first-order valence-corrected chi connectivity index (χ1v) is 6.02. The Bertz CT molecular complexity index is 340. The van der Waals surface area contributed by atoms with Crippen LogP contribution in [0.5, 0.6) is 0 Å². The van der Waals surface area contributed by atoms with Crippen LogP contribution in [-0.2, 0) is 9.84 Å². The van der Waals surface area contributed by atoms with Gasteiger partial charge in [0, 0.05) is 18.1 Å². The molecule has 0 aliphatic carbocycles. The van der Waals surface area contributed by atoms with E-state index in [2.05, 4.69) is 4.98 Å². The fourth-order valence-electron chi connectivity index (χ4n) is 0.674. The van der Waals surface area contributed by atoms with E-state index < -0.39 is 9.84 Å². The summed E-state index contributed by atoms with van der Waals surface area (Å²) in [5.74, 6) is 0. The number of nitrogens with zero attached hydrogens (tertiary/aromatic N) is 1. The first-order chi connectivity index (χ1) is 6.00. The molecule has 74 valence electrons. The van der Waals surface area contributed by atoms with Gasteiger partial charge in [-0.1, -0.05) is 13.8 Å². The smallest absolute Gasteiger partial charge is 0.177 e. The van der Waals surface area contributed by atoms with Gasteiger partial charge in [-0.2, -0.15) is 0 Å². The fraction of sp³-hybridized carbons (Fsp3) is 0.444. The fourth-order valence-corrected chi connectivity index (χ4v) is 1.23. The van der Waals surface area contributed by atoms with E-state index in [9.17, 15) is 8.42 Å². The number of aryl methyl sites for hydroxylation is 1. The predicted octanol–water partition coefficient (Wildman–Crippen LogP) is 1.82. The second kappa shape index (κ2) is 4.97. The van der Waals surface area contributed by atoms with Crippen molar-refractivity contribution in [1.82, 2.24) is 4.98 Å². The van der Waals surface area contributed by atoms with Crippen LogP contribution in [0.3, 0.4) is 0 Å². The molecule has 0 aromatic carbocycles. The zero-order valence-corrected chi connectivity index (χ0v) is 9.22. The molecule has 4 heteroatoms. The summed E-state index contributed by atoms with van der Waals surface area (Å²) in [6.45, 7) is 5.81. The molecule has 0 atom stereocenters. The molecule has 1 aromatic rings. The van der Waals surface area contributed by atoms with E-state index in [1.165, 1.54) is 12.5 Å². The summed E-state index contributed by atoms with van der Waals surface area (Å²) in [5, 5.41) is 0. The first kappa shape index (κ1) is 12.1. The van der Waals surface area contributed by atoms with Gasteiger partial charge in [0.05, 0.1) is 4.90 Å². The van der Waals surface area contributed by atoms with Crippen LogP contribution >= 0.6 is 0 Å². The van der Waals surface area contributed by atoms with Crippen LogP contribution in [0, 0.1) is 6.92 Å². The van der Waals surface area contributed by atoms with Gasteiger partial charge in [-0.05, 0) is 19.1 Å². The van der Waals surface area contributed by atoms with E-state index in [0.717, 1.165) is 5.69 Å². The highest BCUT2D eigenvalue weighted by molar-refractivity contribution is 7.90. The minimum absolute atomic E-state index is 0.267. The summed E-state index contributed by atoms with van der Waals surface area (Å²) >= 11 is 0. The van der Waals surface area contributed by atoms with Crippen molar-refractivity contribution in [2.75, 3.05) is 6.26 Å². The summed E-state index contributed by atoms with van der Waals surface area (Å²) in [6.07, 6.45) is 2.53. The first-order valence-electron chi connectivity index (χ1n) is 4.13. The third-order valence-corrected chi connectivity index (χ3v) is 2.41. The van der Waals surface area contributed by atoms with Gasteiger partial charge in [-0.15, -0.1) is 0 Å². The monoisotopic (exact) mass is 201 g/mol. The second-order valence-corrected chi connectivity index (χ2v) is 4.42. The lowest BCUT2D eigenvalue weighted by molar-refractivity contribution is 0.601. The highest BCUT2D eigenvalue weighted by Gasteiger charge is 2.05. The lowest BCUT2D eigenvalue weighted by Crippen LogP contribution is -1.97. The molecule has 0 amide bonds. The van der Waals surface area contributed by atoms with Gasteiger partial charge in [-0.3, -0.25) is 4.98 Å². The molecule has 0 spiro atoms. The van der Waals surface area contributed by atoms with Crippen LogP contribution in [0.4, 0.5) is 0 Å². The number of aromatic nitrogens is 1. The second-order valence-electron chi connectivity index (χ2n) is 2.41. The summed E-state index contributed by atoms with van der Waals surface area (Å²) in [4.78, 5) is 4.13. The van der Waals surface area contributed by atoms with Crippen molar-refractivity contribution >= 4 is 9.84 Å². The largest absolute Gasteiger partial charge is 0.260 e. The standard InChI is InChI=1S/C7H9NO2S.C2H6/c1-6-3-4-7(5-8-6)11(2,9)10;1-2/h3-5H,1-2H3;1-2H3. The van der Waals surface area contributed by atoms with Gasteiger partial charge < -0.3 is 0 Å². The van der Waals surface area contributed by atoms with Crippen molar-refractivity contribution in [2.24, 2.45) is 0 Å². The van der Waals surface area contributed by atoms with Crippen LogP contribution in [-0.4, -0.2) is 19.7 Å². The minimum Gasteiger partial charge on any atom is -0.260 e. The van der Waals surface area contributed by atoms with E-state index in [0.29, 0.717) is 0 Å². The van der Waals surface area contributed by atoms with Crippen LogP contribution in [0.15, 0.2) is 23.2 Å². The molecule has 13 heavy (non-hydrogen) atoms. The Morgan fingerprint density at radius 1 is 1.23 bits per heavy atom. The quantitative estimate of drug-likeness (QED) is 0.696. The zero-order valence-electron chi connectivity index (χ0n) is 8.40. The molecular formula is C9H15NO2S. The molecule has 0 fully saturated rings. The Balaban J connectivity index is 0.000000671. The Labute approximate surface area is 79.7 Å². The molecular weight excluding hydrogens is 186 g/mol. The summed E-state index contributed by atoms with van der Waals surface area (Å²) in [6, 6.07) is 3.23. The number of hydrogen-bond acceptors (Lipinski definition) is 3. The normalized spacial score (nSPS) is 10.2. The van der Waals surface area contributed by atoms with Crippen molar-refractivity contribution in [3.63, 3.8) is 0 Å². The van der Waals surface area contributed by atoms with Crippen molar-refractivity contribution < 1.29 is 8.42 Å². The van der Waals surface area contributed by atoms with Gasteiger partial charge in [0.15, 0.2) is 9.84 Å². The predicted molar refractivity (Wildman–Crippen MR) is 53.4 cm³/mol. The van der Waals surface area contributed by atoms with Gasteiger partial charge in [0.25, 0.3) is 0 Å².